The van der Waals surface area contributed by atoms with E-state index in [0.717, 1.165) is 39.0 Å². The molecule has 1 aliphatic carbocycles. The smallest absolute Gasteiger partial charge is 0.185 e. The summed E-state index contributed by atoms with van der Waals surface area (Å²) in [7, 11) is 0. The van der Waals surface area contributed by atoms with Crippen molar-refractivity contribution in [3.05, 3.63) is 40.7 Å². The van der Waals surface area contributed by atoms with E-state index in [0.29, 0.717) is 28.8 Å². The van der Waals surface area contributed by atoms with Crippen molar-refractivity contribution in [2.45, 2.75) is 26.0 Å². The number of allylic oxidation sites excluding steroid dienone is 1. The molecule has 1 saturated heterocycles. The fourth-order valence-electron chi connectivity index (χ4n) is 2.93. The van der Waals surface area contributed by atoms with Crippen LogP contribution in [0.5, 0.6) is 0 Å². The van der Waals surface area contributed by atoms with Gasteiger partial charge in [-0.25, -0.2) is 0 Å². The minimum Gasteiger partial charge on any atom is -0.490 e. The molecule has 0 spiro atoms. The molecule has 4 N–H and O–H groups in total. The zero-order valence-electron chi connectivity index (χ0n) is 15.1. The number of piperazine rings is 1. The Morgan fingerprint density at radius 3 is 2.81 bits per heavy atom. The maximum Gasteiger partial charge on any atom is 0.185 e. The van der Waals surface area contributed by atoms with E-state index in [4.69, 9.17) is 21.7 Å². The third-order valence-corrected chi connectivity index (χ3v) is 5.14. The molecule has 1 saturated carbocycles. The van der Waals surface area contributed by atoms with Crippen LogP contribution in [0.15, 0.2) is 35.7 Å². The highest BCUT2D eigenvalue weighted by molar-refractivity contribution is 6.30. The zero-order chi connectivity index (χ0) is 18.6. The van der Waals surface area contributed by atoms with Gasteiger partial charge in [0.25, 0.3) is 0 Å². The van der Waals surface area contributed by atoms with Gasteiger partial charge in [0.15, 0.2) is 12.0 Å². The maximum atomic E-state index is 10.8. The van der Waals surface area contributed by atoms with E-state index in [1.807, 2.05) is 12.1 Å². The summed E-state index contributed by atoms with van der Waals surface area (Å²) >= 11 is 6.03. The molecule has 0 bridgehead atoms. The highest BCUT2D eigenvalue weighted by atomic mass is 35.5. The maximum absolute atomic E-state index is 10.8. The molecule has 0 amide bonds. The lowest BCUT2D eigenvalue weighted by atomic mass is 10.1. The highest BCUT2D eigenvalue weighted by Gasteiger charge is 2.39. The van der Waals surface area contributed by atoms with E-state index in [9.17, 15) is 5.11 Å². The van der Waals surface area contributed by atoms with Crippen LogP contribution in [0.4, 0.5) is 5.69 Å². The number of nitrogens with zero attached hydrogens (tertiary/aromatic N) is 1. The van der Waals surface area contributed by atoms with Crippen LogP contribution in [-0.4, -0.2) is 55.2 Å². The first-order valence-corrected chi connectivity index (χ1v) is 9.42. The number of hydrogen-bond donors (Lipinski definition) is 4. The van der Waals surface area contributed by atoms with Gasteiger partial charge >= 0.3 is 0 Å². The second-order valence-electron chi connectivity index (χ2n) is 7.29. The van der Waals surface area contributed by atoms with Crippen LogP contribution in [0.2, 0.25) is 5.02 Å². The summed E-state index contributed by atoms with van der Waals surface area (Å²) in [6.45, 7) is 5.97. The molecule has 1 aromatic rings. The van der Waals surface area contributed by atoms with Gasteiger partial charge in [-0.15, -0.1) is 0 Å². The minimum absolute atomic E-state index is 0.178. The largest absolute Gasteiger partial charge is 0.490 e. The normalized spacial score (nSPS) is 20.8. The molecule has 6 nitrogen and oxygen atoms in total. The van der Waals surface area contributed by atoms with Gasteiger partial charge in [0.05, 0.1) is 12.3 Å². The van der Waals surface area contributed by atoms with Crippen LogP contribution in [0.1, 0.15) is 19.8 Å². The molecule has 1 atom stereocenters. The summed E-state index contributed by atoms with van der Waals surface area (Å²) in [6.07, 6.45) is 2.48. The number of benzene rings is 1. The molecule has 142 valence electrons. The van der Waals surface area contributed by atoms with Crippen molar-refractivity contribution in [2.75, 3.05) is 38.1 Å². The average Bonchev–Trinajstić information content (AvgIpc) is 3.37. The van der Waals surface area contributed by atoms with E-state index in [1.54, 1.807) is 12.1 Å². The molecule has 3 rings (SSSR count). The zero-order valence-corrected chi connectivity index (χ0v) is 15.9. The number of halogens is 1. The van der Waals surface area contributed by atoms with Crippen molar-refractivity contribution in [2.24, 2.45) is 5.41 Å². The summed E-state index contributed by atoms with van der Waals surface area (Å²) < 4.78 is 6.06. The SMILES string of the molecule is CC1(CO/C(=C(/C=N)N2CCNCC2)C(O)Nc2cccc(Cl)c2)CC1. The van der Waals surface area contributed by atoms with Crippen LogP contribution < -0.4 is 10.6 Å². The monoisotopic (exact) mass is 378 g/mol. The third-order valence-electron chi connectivity index (χ3n) is 4.90. The Morgan fingerprint density at radius 2 is 2.19 bits per heavy atom. The Balaban J connectivity index is 1.82. The van der Waals surface area contributed by atoms with Crippen molar-refractivity contribution in [1.82, 2.24) is 10.2 Å². The molecule has 1 aliphatic heterocycles. The van der Waals surface area contributed by atoms with Crippen molar-refractivity contribution in [1.29, 1.82) is 5.41 Å². The Labute approximate surface area is 159 Å². The van der Waals surface area contributed by atoms with Crippen molar-refractivity contribution >= 4 is 23.5 Å². The number of anilines is 1. The van der Waals surface area contributed by atoms with Crippen molar-refractivity contribution in [3.8, 4) is 0 Å². The quantitative estimate of drug-likeness (QED) is 0.318. The van der Waals surface area contributed by atoms with Crippen molar-refractivity contribution in [3.63, 3.8) is 0 Å². The second-order valence-corrected chi connectivity index (χ2v) is 7.72. The summed E-state index contributed by atoms with van der Waals surface area (Å²) in [5.74, 6) is 0.398. The van der Waals surface area contributed by atoms with E-state index in [-0.39, 0.29) is 5.41 Å². The number of hydrogen-bond acceptors (Lipinski definition) is 6. The van der Waals surface area contributed by atoms with Gasteiger partial charge in [0.1, 0.15) is 0 Å². The summed E-state index contributed by atoms with van der Waals surface area (Å²) in [6, 6.07) is 7.19. The lowest BCUT2D eigenvalue weighted by Gasteiger charge is -2.32. The number of aliphatic hydroxyl groups excluding tert-OH is 1. The molecule has 7 heteroatoms. The Hall–Kier alpha value is -1.76. The summed E-state index contributed by atoms with van der Waals surface area (Å²) in [4.78, 5) is 2.08. The first-order chi connectivity index (χ1) is 12.5. The van der Waals surface area contributed by atoms with E-state index < -0.39 is 6.23 Å². The topological polar surface area (TPSA) is 80.6 Å². The van der Waals surface area contributed by atoms with Gasteiger partial charge in [0.2, 0.25) is 0 Å². The molecule has 0 aromatic heterocycles. The predicted octanol–water partition coefficient (Wildman–Crippen LogP) is 2.65. The van der Waals surface area contributed by atoms with Gasteiger partial charge in [0, 0.05) is 48.5 Å². The van der Waals surface area contributed by atoms with Crippen LogP contribution in [0.3, 0.4) is 0 Å². The third kappa shape index (κ3) is 4.90. The molecular formula is C19H27ClN4O2. The highest BCUT2D eigenvalue weighted by Crippen LogP contribution is 2.45. The molecule has 1 unspecified atom stereocenters. The van der Waals surface area contributed by atoms with Gasteiger partial charge in [-0.3, -0.25) is 0 Å². The van der Waals surface area contributed by atoms with Gasteiger partial charge in [-0.05, 0) is 31.0 Å². The predicted molar refractivity (Wildman–Crippen MR) is 105 cm³/mol. The van der Waals surface area contributed by atoms with E-state index >= 15 is 0 Å². The molecule has 1 heterocycles. The molecular weight excluding hydrogens is 352 g/mol. The Kier molecular flexibility index (Phi) is 6.06. The van der Waals surface area contributed by atoms with Crippen LogP contribution in [0, 0.1) is 10.8 Å². The van der Waals surface area contributed by atoms with Gasteiger partial charge in [-0.1, -0.05) is 24.6 Å². The lowest BCUT2D eigenvalue weighted by Crippen LogP contribution is -2.44. The first kappa shape index (κ1) is 19.0. The molecule has 26 heavy (non-hydrogen) atoms. The van der Waals surface area contributed by atoms with Gasteiger partial charge in [-0.2, -0.15) is 0 Å². The summed E-state index contributed by atoms with van der Waals surface area (Å²) in [5.41, 5.74) is 1.50. The van der Waals surface area contributed by atoms with E-state index in [2.05, 4.69) is 22.5 Å². The lowest BCUT2D eigenvalue weighted by molar-refractivity contribution is 0.0855. The van der Waals surface area contributed by atoms with E-state index in [1.165, 1.54) is 6.21 Å². The Bertz CT molecular complexity index is 669. The van der Waals surface area contributed by atoms with Crippen LogP contribution in [0.25, 0.3) is 0 Å². The average molecular weight is 379 g/mol. The standard InChI is InChI=1S/C19H27ClN4O2/c1-19(5-6-19)13-26-17(16(12-21)24-9-7-22-8-10-24)18(25)23-15-4-2-3-14(20)11-15/h2-4,11-12,18,21-23,25H,5-10,13H2,1H3/b17-16-,21-12?. The number of aliphatic hydroxyl groups is 1. The van der Waals surface area contributed by atoms with Crippen molar-refractivity contribution < 1.29 is 9.84 Å². The molecule has 1 aromatic carbocycles. The molecule has 2 aliphatic rings. The number of rotatable bonds is 8. The first-order valence-electron chi connectivity index (χ1n) is 9.04. The fourth-order valence-corrected chi connectivity index (χ4v) is 3.12. The van der Waals surface area contributed by atoms with Gasteiger partial charge < -0.3 is 30.8 Å². The van der Waals surface area contributed by atoms with Crippen LogP contribution in [-0.2, 0) is 4.74 Å². The fraction of sp³-hybridized carbons (Fsp3) is 0.526. The van der Waals surface area contributed by atoms with Crippen LogP contribution >= 0.6 is 11.6 Å². The molecule has 0 radical (unpaired) electrons. The summed E-state index contributed by atoms with van der Waals surface area (Å²) in [5, 5.41) is 25.6. The number of ether oxygens (including phenoxy) is 1. The Morgan fingerprint density at radius 1 is 1.46 bits per heavy atom. The minimum atomic E-state index is -1.05. The second kappa shape index (κ2) is 8.29. The molecule has 2 fully saturated rings. The number of nitrogens with one attached hydrogen (secondary N) is 3.